The fourth-order valence-corrected chi connectivity index (χ4v) is 1.28. The van der Waals surface area contributed by atoms with Gasteiger partial charge in [0.15, 0.2) is 0 Å². The Labute approximate surface area is 150 Å². The van der Waals surface area contributed by atoms with Crippen molar-refractivity contribution in [1.82, 2.24) is 15.0 Å². The van der Waals surface area contributed by atoms with Crippen LogP contribution in [0.4, 0.5) is 38.2 Å². The molecular formula is C15H15F6N5O. The number of aliphatic imine (C=N–C) groups is 2. The molecule has 1 aromatic rings. The van der Waals surface area contributed by atoms with Gasteiger partial charge in [-0.1, -0.05) is 5.92 Å². The average molecular weight is 395 g/mol. The Balaban J connectivity index is 3.43. The summed E-state index contributed by atoms with van der Waals surface area (Å²) in [7, 11) is 0. The molecule has 0 aromatic carbocycles. The molecule has 0 amide bonds. The summed E-state index contributed by atoms with van der Waals surface area (Å²) in [4.78, 5) is 16.8. The summed E-state index contributed by atoms with van der Waals surface area (Å²) < 4.78 is 75.6. The number of halogens is 6. The first-order valence-corrected chi connectivity index (χ1v) is 7.30. The topological polar surface area (TPSA) is 83.6 Å². The van der Waals surface area contributed by atoms with Gasteiger partial charge in [0, 0.05) is 6.42 Å². The lowest BCUT2D eigenvalue weighted by Gasteiger charge is -2.11. The van der Waals surface area contributed by atoms with E-state index in [2.05, 4.69) is 36.8 Å². The Hall–Kier alpha value is -2.55. The monoisotopic (exact) mass is 395 g/mol. The van der Waals surface area contributed by atoms with Crippen LogP contribution < -0.4 is 0 Å². The molecule has 0 aliphatic heterocycles. The van der Waals surface area contributed by atoms with Crippen molar-refractivity contribution in [3.63, 3.8) is 0 Å². The van der Waals surface area contributed by atoms with Crippen LogP contribution >= 0.6 is 0 Å². The lowest BCUT2D eigenvalue weighted by atomic mass is 10.1. The summed E-state index contributed by atoms with van der Waals surface area (Å²) in [6.45, 7) is 4.21. The van der Waals surface area contributed by atoms with Crippen LogP contribution in [0.2, 0.25) is 0 Å². The molecular weight excluding hydrogens is 380 g/mol. The summed E-state index contributed by atoms with van der Waals surface area (Å²) in [6.07, 6.45) is -9.59. The molecule has 6 nitrogen and oxygen atoms in total. The van der Waals surface area contributed by atoms with E-state index in [0.717, 1.165) is 0 Å². The smallest absolute Gasteiger partial charge is 0.389 e. The molecule has 1 aromatic heterocycles. The number of alkyl halides is 6. The fourth-order valence-electron chi connectivity index (χ4n) is 1.28. The third-order valence-electron chi connectivity index (χ3n) is 2.69. The molecule has 148 valence electrons. The van der Waals surface area contributed by atoms with Gasteiger partial charge in [-0.05, 0) is 33.6 Å². The van der Waals surface area contributed by atoms with Gasteiger partial charge < -0.3 is 5.11 Å². The molecule has 0 aliphatic rings. The number of aromatic nitrogens is 3. The van der Waals surface area contributed by atoms with E-state index in [1.165, 1.54) is 13.8 Å². The van der Waals surface area contributed by atoms with Gasteiger partial charge in [0.25, 0.3) is 11.9 Å². The summed E-state index contributed by atoms with van der Waals surface area (Å²) in [6, 6.07) is 0. The Morgan fingerprint density at radius 1 is 0.889 bits per heavy atom. The van der Waals surface area contributed by atoms with Gasteiger partial charge in [0.2, 0.25) is 5.82 Å². The molecule has 12 heteroatoms. The van der Waals surface area contributed by atoms with Gasteiger partial charge in [-0.25, -0.2) is 9.98 Å². The van der Waals surface area contributed by atoms with Crippen molar-refractivity contribution >= 4 is 23.3 Å². The largest absolute Gasteiger partial charge is 0.429 e. The maximum absolute atomic E-state index is 12.6. The highest BCUT2D eigenvalue weighted by molar-refractivity contribution is 5.89. The molecule has 0 atom stereocenters. The van der Waals surface area contributed by atoms with Crippen LogP contribution in [0.3, 0.4) is 0 Å². The zero-order valence-electron chi connectivity index (χ0n) is 14.7. The Morgan fingerprint density at radius 3 is 1.63 bits per heavy atom. The molecule has 0 saturated heterocycles. The van der Waals surface area contributed by atoms with Gasteiger partial charge >= 0.3 is 12.4 Å². The highest BCUT2D eigenvalue weighted by atomic mass is 19.4. The van der Waals surface area contributed by atoms with Gasteiger partial charge in [-0.15, -0.1) is 0 Å². The predicted molar refractivity (Wildman–Crippen MR) is 85.3 cm³/mol. The number of hydrogen-bond acceptors (Lipinski definition) is 6. The SMILES string of the molecule is C/C(=N\c1nc(C#CCC(C)(C)O)nc(/N=C(\C)C(F)(F)F)n1)C(F)(F)F. The van der Waals surface area contributed by atoms with Gasteiger partial charge in [-0.3, -0.25) is 0 Å². The van der Waals surface area contributed by atoms with E-state index in [1.807, 2.05) is 0 Å². The quantitative estimate of drug-likeness (QED) is 0.481. The van der Waals surface area contributed by atoms with Crippen molar-refractivity contribution in [1.29, 1.82) is 0 Å². The summed E-state index contributed by atoms with van der Waals surface area (Å²) >= 11 is 0. The molecule has 0 fully saturated rings. The van der Waals surface area contributed by atoms with Crippen molar-refractivity contribution in [2.24, 2.45) is 9.98 Å². The first-order valence-electron chi connectivity index (χ1n) is 7.30. The molecule has 1 rings (SSSR count). The van der Waals surface area contributed by atoms with Gasteiger partial charge in [-0.2, -0.15) is 41.3 Å². The van der Waals surface area contributed by atoms with E-state index in [0.29, 0.717) is 13.8 Å². The zero-order valence-corrected chi connectivity index (χ0v) is 14.7. The molecule has 1 heterocycles. The maximum Gasteiger partial charge on any atom is 0.429 e. The number of hydrogen-bond donors (Lipinski definition) is 1. The molecule has 27 heavy (non-hydrogen) atoms. The van der Waals surface area contributed by atoms with Crippen LogP contribution in [-0.4, -0.2) is 49.4 Å². The summed E-state index contributed by atoms with van der Waals surface area (Å²) in [5.74, 6) is 2.79. The van der Waals surface area contributed by atoms with Crippen molar-refractivity contribution < 1.29 is 31.4 Å². The second-order valence-corrected chi connectivity index (χ2v) is 5.94. The van der Waals surface area contributed by atoms with Gasteiger partial charge in [0.05, 0.1) is 5.60 Å². The first kappa shape index (κ1) is 22.5. The van der Waals surface area contributed by atoms with Crippen molar-refractivity contribution in [3.8, 4) is 11.8 Å². The average Bonchev–Trinajstić information content (AvgIpc) is 2.43. The molecule has 0 bridgehead atoms. The minimum absolute atomic E-state index is 0.0426. The minimum Gasteiger partial charge on any atom is -0.389 e. The molecule has 0 radical (unpaired) electrons. The Kier molecular flexibility index (Phi) is 6.66. The van der Waals surface area contributed by atoms with Crippen LogP contribution in [0.1, 0.15) is 39.9 Å². The van der Waals surface area contributed by atoms with Crippen LogP contribution in [0, 0.1) is 11.8 Å². The van der Waals surface area contributed by atoms with Crippen LogP contribution in [-0.2, 0) is 0 Å². The van der Waals surface area contributed by atoms with E-state index in [9.17, 15) is 31.4 Å². The predicted octanol–water partition coefficient (Wildman–Crippen LogP) is 3.69. The Morgan fingerprint density at radius 2 is 1.30 bits per heavy atom. The van der Waals surface area contributed by atoms with Gasteiger partial charge in [0.1, 0.15) is 11.4 Å². The standard InChI is InChI=1S/C15H15F6N5O/c1-8(14(16,17)18)22-11-24-10(6-5-7-13(3,4)27)25-12(26-11)23-9(2)15(19,20)21/h27H,7H2,1-4H3/b22-8+,23-9+. The molecule has 0 unspecified atom stereocenters. The third-order valence-corrected chi connectivity index (χ3v) is 2.69. The minimum atomic E-state index is -4.77. The third kappa shape index (κ3) is 8.12. The van der Waals surface area contributed by atoms with Crippen LogP contribution in [0.25, 0.3) is 0 Å². The van der Waals surface area contributed by atoms with Crippen molar-refractivity contribution in [3.05, 3.63) is 5.82 Å². The fraction of sp³-hybridized carbons (Fsp3) is 0.533. The van der Waals surface area contributed by atoms with Crippen LogP contribution in [0.15, 0.2) is 9.98 Å². The van der Waals surface area contributed by atoms with E-state index in [-0.39, 0.29) is 6.42 Å². The second-order valence-electron chi connectivity index (χ2n) is 5.94. The highest BCUT2D eigenvalue weighted by Crippen LogP contribution is 2.22. The van der Waals surface area contributed by atoms with Crippen molar-refractivity contribution in [2.45, 2.75) is 52.1 Å². The van der Waals surface area contributed by atoms with Crippen molar-refractivity contribution in [2.75, 3.05) is 0 Å². The zero-order chi connectivity index (χ0) is 21.0. The van der Waals surface area contributed by atoms with Crippen LogP contribution in [0.5, 0.6) is 0 Å². The van der Waals surface area contributed by atoms with E-state index >= 15 is 0 Å². The van der Waals surface area contributed by atoms with E-state index in [1.54, 1.807) is 0 Å². The second kappa shape index (κ2) is 7.99. The molecule has 1 N–H and O–H groups in total. The van der Waals surface area contributed by atoms with E-state index < -0.39 is 47.1 Å². The molecule has 0 spiro atoms. The summed E-state index contributed by atoms with van der Waals surface area (Å²) in [5.41, 5.74) is -3.79. The highest BCUT2D eigenvalue weighted by Gasteiger charge is 2.33. The number of rotatable bonds is 3. The van der Waals surface area contributed by atoms with E-state index in [4.69, 9.17) is 0 Å². The maximum atomic E-state index is 12.6. The molecule has 0 aliphatic carbocycles. The number of aliphatic hydroxyl groups is 1. The summed E-state index contributed by atoms with van der Waals surface area (Å²) in [5, 5.41) is 9.57. The molecule has 0 saturated carbocycles. The first-order chi connectivity index (χ1) is 12.1. The Bertz CT molecular complexity index is 761. The lowest BCUT2D eigenvalue weighted by Crippen LogP contribution is -2.19. The lowest BCUT2D eigenvalue weighted by molar-refractivity contribution is -0.0599. The normalized spacial score (nSPS) is 14.0. The number of nitrogens with zero attached hydrogens (tertiary/aromatic N) is 5.